The minimum atomic E-state index is -3.75. The maximum Gasteiger partial charge on any atom is 0.255 e. The lowest BCUT2D eigenvalue weighted by Gasteiger charge is -2.11. The molecular formula is C17H16ClNO5S2. The molecule has 1 aliphatic heterocycles. The van der Waals surface area contributed by atoms with Gasteiger partial charge in [-0.3, -0.25) is 4.79 Å². The Labute approximate surface area is 157 Å². The molecule has 1 unspecified atom stereocenters. The standard InChI is InChI=1S/C17H16ClNO5S2/c18-13-2-1-3-14(10-13)19-17(20)12-4-6-15(7-5-12)26(23,24)16-8-9-25(21,22)11-16/h1-7,10,16H,8-9,11H2,(H,19,20). The topological polar surface area (TPSA) is 97.4 Å². The smallest absolute Gasteiger partial charge is 0.255 e. The highest BCUT2D eigenvalue weighted by Crippen LogP contribution is 2.25. The van der Waals surface area contributed by atoms with Crippen LogP contribution in [0.2, 0.25) is 5.02 Å². The van der Waals surface area contributed by atoms with Gasteiger partial charge < -0.3 is 5.32 Å². The Balaban J connectivity index is 1.77. The molecule has 2 aromatic rings. The van der Waals surface area contributed by atoms with Gasteiger partial charge >= 0.3 is 0 Å². The van der Waals surface area contributed by atoms with Crippen LogP contribution in [0, 0.1) is 0 Å². The maximum atomic E-state index is 12.6. The molecule has 1 aliphatic rings. The molecule has 1 amide bonds. The lowest BCUT2D eigenvalue weighted by atomic mass is 10.2. The molecule has 3 rings (SSSR count). The highest BCUT2D eigenvalue weighted by Gasteiger charge is 2.37. The van der Waals surface area contributed by atoms with Gasteiger partial charge in [-0.25, -0.2) is 16.8 Å². The van der Waals surface area contributed by atoms with Crippen LogP contribution in [0.1, 0.15) is 16.8 Å². The fourth-order valence-electron chi connectivity index (χ4n) is 2.76. The van der Waals surface area contributed by atoms with E-state index in [0.29, 0.717) is 10.7 Å². The van der Waals surface area contributed by atoms with Gasteiger partial charge in [0.1, 0.15) is 0 Å². The number of carbonyl (C=O) groups excluding carboxylic acids is 1. The van der Waals surface area contributed by atoms with Crippen molar-refractivity contribution < 1.29 is 21.6 Å². The minimum absolute atomic E-state index is 0.0129. The predicted octanol–water partition coefficient (Wildman–Crippen LogP) is 2.55. The van der Waals surface area contributed by atoms with Gasteiger partial charge in [0.05, 0.1) is 21.7 Å². The van der Waals surface area contributed by atoms with Crippen molar-refractivity contribution in [3.63, 3.8) is 0 Å². The largest absolute Gasteiger partial charge is 0.322 e. The number of amides is 1. The van der Waals surface area contributed by atoms with Crippen molar-refractivity contribution in [2.75, 3.05) is 16.8 Å². The van der Waals surface area contributed by atoms with Crippen molar-refractivity contribution in [1.82, 2.24) is 0 Å². The van der Waals surface area contributed by atoms with Crippen LogP contribution in [0.5, 0.6) is 0 Å². The molecule has 0 aliphatic carbocycles. The molecule has 1 atom stereocenters. The number of nitrogens with one attached hydrogen (secondary N) is 1. The van der Waals surface area contributed by atoms with Crippen LogP contribution in [0.25, 0.3) is 0 Å². The van der Waals surface area contributed by atoms with Crippen LogP contribution in [0.3, 0.4) is 0 Å². The van der Waals surface area contributed by atoms with Gasteiger partial charge in [-0.05, 0) is 48.9 Å². The summed E-state index contributed by atoms with van der Waals surface area (Å²) in [7, 11) is -7.05. The van der Waals surface area contributed by atoms with Gasteiger partial charge in [-0.15, -0.1) is 0 Å². The number of carbonyl (C=O) groups is 1. The van der Waals surface area contributed by atoms with Crippen molar-refractivity contribution in [1.29, 1.82) is 0 Å². The number of hydrogen-bond donors (Lipinski definition) is 1. The van der Waals surface area contributed by atoms with Crippen LogP contribution in [0.4, 0.5) is 5.69 Å². The van der Waals surface area contributed by atoms with E-state index in [1.165, 1.54) is 24.3 Å². The number of hydrogen-bond acceptors (Lipinski definition) is 5. The van der Waals surface area contributed by atoms with Crippen LogP contribution >= 0.6 is 11.6 Å². The molecule has 1 N–H and O–H groups in total. The van der Waals surface area contributed by atoms with Gasteiger partial charge in [-0.1, -0.05) is 17.7 Å². The lowest BCUT2D eigenvalue weighted by molar-refractivity contribution is 0.102. The lowest BCUT2D eigenvalue weighted by Crippen LogP contribution is -2.22. The van der Waals surface area contributed by atoms with E-state index in [0.717, 1.165) is 0 Å². The SMILES string of the molecule is O=C(Nc1cccc(Cl)c1)c1ccc(S(=O)(=O)C2CCS(=O)(=O)C2)cc1. The zero-order valence-corrected chi connectivity index (χ0v) is 15.9. The van der Waals surface area contributed by atoms with Crippen LogP contribution in [-0.4, -0.2) is 39.5 Å². The molecule has 26 heavy (non-hydrogen) atoms. The van der Waals surface area contributed by atoms with Crippen molar-refractivity contribution in [3.05, 3.63) is 59.1 Å². The van der Waals surface area contributed by atoms with Gasteiger partial charge in [-0.2, -0.15) is 0 Å². The summed E-state index contributed by atoms with van der Waals surface area (Å²) in [4.78, 5) is 12.3. The molecular weight excluding hydrogens is 398 g/mol. The summed E-state index contributed by atoms with van der Waals surface area (Å²) >= 11 is 5.87. The number of benzene rings is 2. The van der Waals surface area contributed by atoms with E-state index >= 15 is 0 Å². The fourth-order valence-corrected chi connectivity index (χ4v) is 7.31. The first-order chi connectivity index (χ1) is 12.2. The zero-order chi connectivity index (χ0) is 18.9. The van der Waals surface area contributed by atoms with Gasteiger partial charge in [0.2, 0.25) is 0 Å². The molecule has 6 nitrogen and oxygen atoms in total. The van der Waals surface area contributed by atoms with Crippen LogP contribution < -0.4 is 5.32 Å². The van der Waals surface area contributed by atoms with E-state index in [9.17, 15) is 21.6 Å². The summed E-state index contributed by atoms with van der Waals surface area (Å²) in [6.07, 6.45) is 0.0989. The Bertz CT molecular complexity index is 1050. The van der Waals surface area contributed by atoms with E-state index in [1.807, 2.05) is 0 Å². The highest BCUT2D eigenvalue weighted by atomic mass is 35.5. The molecule has 0 bridgehead atoms. The summed E-state index contributed by atoms with van der Waals surface area (Å²) in [6.45, 7) is 0. The minimum Gasteiger partial charge on any atom is -0.322 e. The van der Waals surface area contributed by atoms with E-state index in [1.54, 1.807) is 24.3 Å². The molecule has 0 spiro atoms. The third-order valence-electron chi connectivity index (χ3n) is 4.16. The second-order valence-electron chi connectivity index (χ2n) is 6.06. The summed E-state index contributed by atoms with van der Waals surface area (Å²) in [5, 5.41) is 2.22. The quantitative estimate of drug-likeness (QED) is 0.830. The summed E-state index contributed by atoms with van der Waals surface area (Å²) in [5.41, 5.74) is 0.804. The summed E-state index contributed by atoms with van der Waals surface area (Å²) < 4.78 is 48.2. The van der Waals surface area contributed by atoms with E-state index < -0.39 is 30.8 Å². The number of halogens is 1. The summed E-state index contributed by atoms with van der Waals surface area (Å²) in [6, 6.07) is 12.1. The van der Waals surface area contributed by atoms with E-state index in [-0.39, 0.29) is 28.4 Å². The molecule has 1 heterocycles. The first kappa shape index (κ1) is 18.9. The number of sulfone groups is 2. The number of anilines is 1. The molecule has 1 saturated heterocycles. The van der Waals surface area contributed by atoms with Crippen LogP contribution in [0.15, 0.2) is 53.4 Å². The zero-order valence-electron chi connectivity index (χ0n) is 13.6. The highest BCUT2D eigenvalue weighted by molar-refractivity contribution is 7.96. The Kier molecular flexibility index (Phi) is 5.09. The molecule has 0 aromatic heterocycles. The average molecular weight is 414 g/mol. The first-order valence-electron chi connectivity index (χ1n) is 7.79. The Morgan fingerprint density at radius 1 is 1.12 bits per heavy atom. The van der Waals surface area contributed by atoms with Crippen molar-refractivity contribution in [2.45, 2.75) is 16.6 Å². The van der Waals surface area contributed by atoms with Crippen LogP contribution in [-0.2, 0) is 19.7 Å². The van der Waals surface area contributed by atoms with Crippen molar-refractivity contribution in [2.24, 2.45) is 0 Å². The third kappa shape index (κ3) is 4.08. The summed E-state index contributed by atoms with van der Waals surface area (Å²) in [5.74, 6) is -0.872. The molecule has 1 fully saturated rings. The molecule has 138 valence electrons. The van der Waals surface area contributed by atoms with Crippen molar-refractivity contribution >= 4 is 42.9 Å². The van der Waals surface area contributed by atoms with E-state index in [2.05, 4.69) is 5.32 Å². The second-order valence-corrected chi connectivity index (χ2v) is 11.0. The monoisotopic (exact) mass is 413 g/mol. The maximum absolute atomic E-state index is 12.6. The van der Waals surface area contributed by atoms with Crippen molar-refractivity contribution in [3.8, 4) is 0 Å². The molecule has 0 saturated carbocycles. The molecule has 0 radical (unpaired) electrons. The predicted molar refractivity (Wildman–Crippen MR) is 100 cm³/mol. The molecule has 2 aromatic carbocycles. The average Bonchev–Trinajstić information content (AvgIpc) is 2.96. The van der Waals surface area contributed by atoms with Gasteiger partial charge in [0, 0.05) is 16.3 Å². The Hall–Kier alpha value is -1.90. The van der Waals surface area contributed by atoms with Gasteiger partial charge in [0.25, 0.3) is 5.91 Å². The third-order valence-corrected chi connectivity index (χ3v) is 8.58. The second kappa shape index (κ2) is 7.02. The van der Waals surface area contributed by atoms with E-state index in [4.69, 9.17) is 11.6 Å². The molecule has 9 heteroatoms. The number of rotatable bonds is 4. The Morgan fingerprint density at radius 2 is 1.81 bits per heavy atom. The normalized spacial score (nSPS) is 19.2. The Morgan fingerprint density at radius 3 is 2.38 bits per heavy atom. The van der Waals surface area contributed by atoms with Gasteiger partial charge in [0.15, 0.2) is 19.7 Å². The first-order valence-corrected chi connectivity index (χ1v) is 11.5. The fraction of sp³-hybridized carbons (Fsp3) is 0.235.